The number of benzene rings is 2. The summed E-state index contributed by atoms with van der Waals surface area (Å²) in [6.45, 7) is 2.74. The predicted molar refractivity (Wildman–Crippen MR) is 148 cm³/mol. The second kappa shape index (κ2) is 9.82. The van der Waals surface area contributed by atoms with Gasteiger partial charge in [0, 0.05) is 54.3 Å². The summed E-state index contributed by atoms with van der Waals surface area (Å²) in [4.78, 5) is 10.1. The number of piperidine rings is 1. The molecule has 6 rings (SSSR count). The van der Waals surface area contributed by atoms with E-state index in [1.165, 1.54) is 11.6 Å². The zero-order valence-corrected chi connectivity index (χ0v) is 21.9. The monoisotopic (exact) mass is 509 g/mol. The number of rotatable bonds is 4. The largest absolute Gasteiger partial charge is 0.356 e. The first-order chi connectivity index (χ1) is 18.4. The third kappa shape index (κ3) is 4.32. The van der Waals surface area contributed by atoms with Crippen LogP contribution in [-0.4, -0.2) is 52.4 Å². The number of hydrogen-bond acceptors (Lipinski definition) is 6. The van der Waals surface area contributed by atoms with Gasteiger partial charge in [-0.25, -0.2) is 9.37 Å². The summed E-state index contributed by atoms with van der Waals surface area (Å²) in [6.07, 6.45) is 5.92. The number of anilines is 1. The number of hydrogen-bond donors (Lipinski definition) is 1. The van der Waals surface area contributed by atoms with Gasteiger partial charge in [0.1, 0.15) is 17.7 Å². The van der Waals surface area contributed by atoms with Crippen molar-refractivity contribution in [2.75, 3.05) is 31.6 Å². The molecule has 4 heterocycles. The lowest BCUT2D eigenvalue weighted by atomic mass is 9.93. The fourth-order valence-corrected chi connectivity index (χ4v) is 5.96. The highest BCUT2D eigenvalue weighted by Crippen LogP contribution is 2.42. The van der Waals surface area contributed by atoms with E-state index in [9.17, 15) is 9.65 Å². The molecule has 4 aromatic rings. The zero-order chi connectivity index (χ0) is 26.4. The Bertz CT molecular complexity index is 1540. The minimum Gasteiger partial charge on any atom is -0.356 e. The molecule has 2 aromatic carbocycles. The summed E-state index contributed by atoms with van der Waals surface area (Å²) in [5.74, 6) is 0.423. The van der Waals surface area contributed by atoms with Crippen LogP contribution in [0.1, 0.15) is 42.9 Å². The van der Waals surface area contributed by atoms with Crippen molar-refractivity contribution in [2.24, 2.45) is 12.8 Å². The smallest absolute Gasteiger partial charge is 0.141 e. The van der Waals surface area contributed by atoms with Gasteiger partial charge in [0.25, 0.3) is 0 Å². The van der Waals surface area contributed by atoms with Gasteiger partial charge in [0.15, 0.2) is 0 Å². The molecule has 194 valence electrons. The molecule has 0 aliphatic carbocycles. The van der Waals surface area contributed by atoms with E-state index >= 15 is 0 Å². The Kier molecular flexibility index (Phi) is 6.34. The number of nitriles is 1. The Morgan fingerprint density at radius 1 is 1.00 bits per heavy atom. The van der Waals surface area contributed by atoms with E-state index in [1.54, 1.807) is 12.1 Å². The molecule has 2 N–H and O–H groups in total. The lowest BCUT2D eigenvalue weighted by Crippen LogP contribution is -2.41. The van der Waals surface area contributed by atoms with Crippen molar-refractivity contribution in [1.82, 2.24) is 19.7 Å². The van der Waals surface area contributed by atoms with E-state index in [2.05, 4.69) is 46.2 Å². The molecule has 1 unspecified atom stereocenters. The van der Waals surface area contributed by atoms with Crippen LogP contribution in [0, 0.1) is 17.1 Å². The van der Waals surface area contributed by atoms with Crippen LogP contribution >= 0.6 is 0 Å². The van der Waals surface area contributed by atoms with Gasteiger partial charge in [-0.2, -0.15) is 10.4 Å². The van der Waals surface area contributed by atoms with Crippen molar-refractivity contribution in [3.05, 3.63) is 65.6 Å². The quantitative estimate of drug-likeness (QED) is 0.416. The Hall–Kier alpha value is -3.80. The molecule has 7 nitrogen and oxygen atoms in total. The molecular weight excluding hydrogens is 477 g/mol. The maximum Gasteiger partial charge on any atom is 0.141 e. The molecule has 0 spiro atoms. The highest BCUT2D eigenvalue weighted by molar-refractivity contribution is 5.89. The van der Waals surface area contributed by atoms with Gasteiger partial charge in [-0.05, 0) is 75.2 Å². The van der Waals surface area contributed by atoms with Crippen molar-refractivity contribution in [1.29, 1.82) is 5.26 Å². The maximum absolute atomic E-state index is 14.9. The first kappa shape index (κ1) is 24.5. The second-order valence-corrected chi connectivity index (χ2v) is 10.6. The number of nitrogens with two attached hydrogens (primary N) is 1. The van der Waals surface area contributed by atoms with Gasteiger partial charge >= 0.3 is 0 Å². The molecule has 2 aromatic heterocycles. The number of aryl methyl sites for hydroxylation is 1. The van der Waals surface area contributed by atoms with Gasteiger partial charge in [-0.15, -0.1) is 0 Å². The minimum absolute atomic E-state index is 0.0292. The molecule has 2 fully saturated rings. The summed E-state index contributed by atoms with van der Waals surface area (Å²) in [6, 6.07) is 15.7. The van der Waals surface area contributed by atoms with E-state index in [-0.39, 0.29) is 17.6 Å². The fourth-order valence-electron chi connectivity index (χ4n) is 5.96. The Labute approximate surface area is 222 Å². The van der Waals surface area contributed by atoms with Crippen LogP contribution in [0.5, 0.6) is 0 Å². The van der Waals surface area contributed by atoms with E-state index < -0.39 is 5.82 Å². The summed E-state index contributed by atoms with van der Waals surface area (Å²) < 4.78 is 16.7. The number of aromatic nitrogens is 3. The Balaban J connectivity index is 1.59. The average molecular weight is 510 g/mol. The second-order valence-electron chi connectivity index (χ2n) is 10.6. The molecule has 0 radical (unpaired) electrons. The summed E-state index contributed by atoms with van der Waals surface area (Å²) in [7, 11) is 4.11. The molecule has 2 aliphatic heterocycles. The number of halogens is 1. The zero-order valence-electron chi connectivity index (χ0n) is 21.9. The first-order valence-corrected chi connectivity index (χ1v) is 13.3. The van der Waals surface area contributed by atoms with Crippen LogP contribution in [0.3, 0.4) is 0 Å². The molecular formula is C30H32FN7. The summed E-state index contributed by atoms with van der Waals surface area (Å²) in [5, 5.41) is 14.7. The van der Waals surface area contributed by atoms with E-state index in [0.29, 0.717) is 11.3 Å². The third-order valence-corrected chi connectivity index (χ3v) is 8.17. The van der Waals surface area contributed by atoms with Gasteiger partial charge < -0.3 is 10.6 Å². The van der Waals surface area contributed by atoms with E-state index in [4.69, 9.17) is 10.7 Å². The molecule has 38 heavy (non-hydrogen) atoms. The van der Waals surface area contributed by atoms with Crippen molar-refractivity contribution >= 4 is 16.7 Å². The first-order valence-electron chi connectivity index (χ1n) is 13.3. The van der Waals surface area contributed by atoms with Crippen LogP contribution in [0.4, 0.5) is 10.2 Å². The fraction of sp³-hybridized carbons (Fsp3) is 0.367. The van der Waals surface area contributed by atoms with Crippen molar-refractivity contribution in [2.45, 2.75) is 37.8 Å². The normalized spacial score (nSPS) is 18.8. The van der Waals surface area contributed by atoms with Crippen LogP contribution in [-0.2, 0) is 7.05 Å². The van der Waals surface area contributed by atoms with E-state index in [1.807, 2.05) is 24.0 Å². The van der Waals surface area contributed by atoms with Crippen molar-refractivity contribution in [3.63, 3.8) is 0 Å². The lowest BCUT2D eigenvalue weighted by molar-refractivity contribution is 0.316. The predicted octanol–water partition coefficient (Wildman–Crippen LogP) is 5.01. The van der Waals surface area contributed by atoms with Gasteiger partial charge in [0.2, 0.25) is 0 Å². The maximum atomic E-state index is 14.9. The molecule has 2 aliphatic rings. The van der Waals surface area contributed by atoms with Gasteiger partial charge in [-0.1, -0.05) is 12.1 Å². The number of likely N-dealkylation sites (tertiary alicyclic amines) is 1. The van der Waals surface area contributed by atoms with Crippen LogP contribution in [0.15, 0.2) is 48.7 Å². The highest BCUT2D eigenvalue weighted by Gasteiger charge is 2.30. The van der Waals surface area contributed by atoms with Crippen LogP contribution in [0.25, 0.3) is 33.3 Å². The Morgan fingerprint density at radius 2 is 1.79 bits per heavy atom. The molecule has 8 heteroatoms. The van der Waals surface area contributed by atoms with Crippen molar-refractivity contribution < 1.29 is 4.39 Å². The highest BCUT2D eigenvalue weighted by atomic mass is 19.1. The lowest BCUT2D eigenvalue weighted by Gasteiger charge is -2.35. The van der Waals surface area contributed by atoms with Crippen LogP contribution in [0.2, 0.25) is 0 Å². The number of nitrogens with zero attached hydrogens (tertiary/aromatic N) is 6. The third-order valence-electron chi connectivity index (χ3n) is 8.17. The number of fused-ring (bicyclic) bond motifs is 1. The average Bonchev–Trinajstić information content (AvgIpc) is 3.53. The molecule has 0 bridgehead atoms. The van der Waals surface area contributed by atoms with E-state index in [0.717, 1.165) is 73.2 Å². The SMILES string of the molecule is CN1CCCC1c1cc(-c2ccc3c(cnn3C)c2)c(-c2ccc(C#N)c(F)c2)nc1N1CCC(N)CC1. The Morgan fingerprint density at radius 3 is 2.50 bits per heavy atom. The number of pyridine rings is 1. The minimum atomic E-state index is -0.537. The summed E-state index contributed by atoms with van der Waals surface area (Å²) >= 11 is 0. The molecule has 0 saturated carbocycles. The van der Waals surface area contributed by atoms with Crippen molar-refractivity contribution in [3.8, 4) is 28.5 Å². The van der Waals surface area contributed by atoms with Gasteiger partial charge in [0.05, 0.1) is 23.0 Å². The van der Waals surface area contributed by atoms with Crippen LogP contribution < -0.4 is 10.6 Å². The van der Waals surface area contributed by atoms with Gasteiger partial charge in [-0.3, -0.25) is 9.58 Å². The topological polar surface area (TPSA) is 87.0 Å². The molecule has 0 amide bonds. The standard InChI is InChI=1S/C30H32FN7/c1-36-11-3-4-28(36)25-16-24(19-7-8-27-22(14-19)18-34-37(27)2)29(20-5-6-21(17-32)26(31)15-20)35-30(25)38-12-9-23(33)10-13-38/h5-8,14-16,18,23,28H,3-4,9-13,33H2,1-2H3. The summed E-state index contributed by atoms with van der Waals surface area (Å²) in [5.41, 5.74) is 11.9. The molecule has 2 saturated heterocycles. The molecule has 1 atom stereocenters.